The summed E-state index contributed by atoms with van der Waals surface area (Å²) in [7, 11) is 0. The Kier molecular flexibility index (Phi) is 5.27. The van der Waals surface area contributed by atoms with Gasteiger partial charge in [-0.1, -0.05) is 27.7 Å². The predicted molar refractivity (Wildman–Crippen MR) is 82.6 cm³/mol. The molecule has 2 rings (SSSR count). The summed E-state index contributed by atoms with van der Waals surface area (Å²) in [6.07, 6.45) is 4.10. The summed E-state index contributed by atoms with van der Waals surface area (Å²) in [5.74, 6) is 0. The molecule has 0 spiro atoms. The van der Waals surface area contributed by atoms with E-state index in [2.05, 4.69) is 42.8 Å². The average molecular weight is 267 g/mol. The smallest absolute Gasteiger partial charge is 0.0224 e. The number of piperazine rings is 1. The van der Waals surface area contributed by atoms with E-state index in [4.69, 9.17) is 0 Å². The van der Waals surface area contributed by atoms with Crippen LogP contribution in [0.5, 0.6) is 0 Å². The van der Waals surface area contributed by atoms with Crippen LogP contribution in [0, 0.1) is 5.41 Å². The first-order valence-electron chi connectivity index (χ1n) is 8.22. The van der Waals surface area contributed by atoms with Crippen molar-refractivity contribution in [2.75, 3.05) is 39.3 Å². The molecule has 2 atom stereocenters. The topological polar surface area (TPSA) is 18.5 Å². The fourth-order valence-corrected chi connectivity index (χ4v) is 3.48. The lowest BCUT2D eigenvalue weighted by Crippen LogP contribution is -2.53. The third kappa shape index (κ3) is 4.17. The molecule has 2 heterocycles. The molecule has 3 nitrogen and oxygen atoms in total. The maximum Gasteiger partial charge on any atom is 0.0224 e. The lowest BCUT2D eigenvalue weighted by Gasteiger charge is -2.42. The SMILES string of the molecule is CCC(C)(CNC(C)C)CN1CCN2CCCC2C1. The molecule has 2 saturated heterocycles. The molecule has 3 heteroatoms. The first-order chi connectivity index (χ1) is 9.02. The molecule has 2 fully saturated rings. The van der Waals surface area contributed by atoms with Gasteiger partial charge in [-0.05, 0) is 31.2 Å². The van der Waals surface area contributed by atoms with Crippen molar-refractivity contribution in [2.45, 2.75) is 59.0 Å². The molecular weight excluding hydrogens is 234 g/mol. The van der Waals surface area contributed by atoms with Crippen molar-refractivity contribution in [3.8, 4) is 0 Å². The van der Waals surface area contributed by atoms with Gasteiger partial charge >= 0.3 is 0 Å². The van der Waals surface area contributed by atoms with Crippen LogP contribution in [0.3, 0.4) is 0 Å². The molecule has 0 saturated carbocycles. The number of nitrogens with one attached hydrogen (secondary N) is 1. The van der Waals surface area contributed by atoms with Gasteiger partial charge in [0.2, 0.25) is 0 Å². The molecule has 1 N–H and O–H groups in total. The van der Waals surface area contributed by atoms with E-state index in [0.717, 1.165) is 12.6 Å². The maximum atomic E-state index is 3.64. The highest BCUT2D eigenvalue weighted by atomic mass is 15.3. The van der Waals surface area contributed by atoms with Gasteiger partial charge in [-0.2, -0.15) is 0 Å². The zero-order valence-electron chi connectivity index (χ0n) is 13.4. The van der Waals surface area contributed by atoms with Gasteiger partial charge < -0.3 is 5.32 Å². The Morgan fingerprint density at radius 2 is 2.05 bits per heavy atom. The van der Waals surface area contributed by atoms with Gasteiger partial charge in [0.25, 0.3) is 0 Å². The first-order valence-corrected chi connectivity index (χ1v) is 8.22. The van der Waals surface area contributed by atoms with Crippen LogP contribution >= 0.6 is 0 Å². The molecule has 0 amide bonds. The summed E-state index contributed by atoms with van der Waals surface area (Å²) < 4.78 is 0. The number of hydrogen-bond acceptors (Lipinski definition) is 3. The van der Waals surface area contributed by atoms with Gasteiger partial charge in [0, 0.05) is 44.8 Å². The average Bonchev–Trinajstić information content (AvgIpc) is 2.84. The summed E-state index contributed by atoms with van der Waals surface area (Å²) in [5, 5.41) is 3.64. The second-order valence-electron chi connectivity index (χ2n) is 7.27. The van der Waals surface area contributed by atoms with Crippen molar-refractivity contribution in [1.82, 2.24) is 15.1 Å². The second kappa shape index (κ2) is 6.55. The van der Waals surface area contributed by atoms with Gasteiger partial charge in [-0.3, -0.25) is 9.80 Å². The van der Waals surface area contributed by atoms with Crippen molar-refractivity contribution >= 4 is 0 Å². The highest BCUT2D eigenvalue weighted by Gasteiger charge is 2.33. The molecule has 2 aliphatic rings. The number of rotatable bonds is 6. The van der Waals surface area contributed by atoms with E-state index in [1.165, 1.54) is 52.0 Å². The van der Waals surface area contributed by atoms with Gasteiger partial charge in [-0.25, -0.2) is 0 Å². The molecule has 0 aromatic carbocycles. The lowest BCUT2D eigenvalue weighted by atomic mass is 9.86. The normalized spacial score (nSPS) is 28.6. The first kappa shape index (κ1) is 15.3. The van der Waals surface area contributed by atoms with Crippen molar-refractivity contribution < 1.29 is 0 Å². The van der Waals surface area contributed by atoms with Crippen molar-refractivity contribution in [3.05, 3.63) is 0 Å². The predicted octanol–water partition coefficient (Wildman–Crippen LogP) is 2.18. The minimum absolute atomic E-state index is 0.422. The maximum absolute atomic E-state index is 3.64. The minimum atomic E-state index is 0.422. The molecule has 0 aliphatic carbocycles. The Hall–Kier alpha value is -0.120. The molecule has 2 aliphatic heterocycles. The summed E-state index contributed by atoms with van der Waals surface area (Å²) in [6, 6.07) is 1.45. The molecule has 19 heavy (non-hydrogen) atoms. The van der Waals surface area contributed by atoms with E-state index in [-0.39, 0.29) is 0 Å². The number of hydrogen-bond donors (Lipinski definition) is 1. The largest absolute Gasteiger partial charge is 0.314 e. The summed E-state index contributed by atoms with van der Waals surface area (Å²) >= 11 is 0. The van der Waals surface area contributed by atoms with E-state index >= 15 is 0 Å². The van der Waals surface area contributed by atoms with E-state index in [1.807, 2.05) is 0 Å². The Morgan fingerprint density at radius 1 is 1.26 bits per heavy atom. The lowest BCUT2D eigenvalue weighted by molar-refractivity contribution is 0.0669. The Bertz CT molecular complexity index is 279. The summed E-state index contributed by atoms with van der Waals surface area (Å²) in [6.45, 7) is 16.9. The molecular formula is C16H33N3. The molecule has 2 unspecified atom stereocenters. The highest BCUT2D eigenvalue weighted by molar-refractivity contribution is 4.89. The number of fused-ring (bicyclic) bond motifs is 1. The third-order valence-corrected chi connectivity index (χ3v) is 5.07. The van der Waals surface area contributed by atoms with Crippen LogP contribution < -0.4 is 5.32 Å². The Labute approximate surface area is 119 Å². The van der Waals surface area contributed by atoms with Crippen LogP contribution in [-0.2, 0) is 0 Å². The monoisotopic (exact) mass is 267 g/mol. The Balaban J connectivity index is 1.83. The number of nitrogens with zero attached hydrogens (tertiary/aromatic N) is 2. The highest BCUT2D eigenvalue weighted by Crippen LogP contribution is 2.26. The minimum Gasteiger partial charge on any atom is -0.314 e. The molecule has 112 valence electrons. The van der Waals surface area contributed by atoms with Crippen LogP contribution in [-0.4, -0.2) is 61.2 Å². The zero-order valence-corrected chi connectivity index (χ0v) is 13.4. The van der Waals surface area contributed by atoms with Crippen LogP contribution in [0.25, 0.3) is 0 Å². The van der Waals surface area contributed by atoms with Crippen molar-refractivity contribution in [3.63, 3.8) is 0 Å². The van der Waals surface area contributed by atoms with Crippen molar-refractivity contribution in [1.29, 1.82) is 0 Å². The Morgan fingerprint density at radius 3 is 2.74 bits per heavy atom. The van der Waals surface area contributed by atoms with Gasteiger partial charge in [0.05, 0.1) is 0 Å². The summed E-state index contributed by atoms with van der Waals surface area (Å²) in [4.78, 5) is 5.42. The zero-order chi connectivity index (χ0) is 13.9. The molecule has 0 aromatic heterocycles. The standard InChI is InChI=1S/C16H33N3/c1-5-16(4,12-17-14(2)3)13-18-9-10-19-8-6-7-15(19)11-18/h14-15,17H,5-13H2,1-4H3. The second-order valence-corrected chi connectivity index (χ2v) is 7.27. The quantitative estimate of drug-likeness (QED) is 0.796. The van der Waals surface area contributed by atoms with Gasteiger partial charge in [0.15, 0.2) is 0 Å². The molecule has 0 radical (unpaired) electrons. The van der Waals surface area contributed by atoms with Crippen LogP contribution in [0.2, 0.25) is 0 Å². The summed E-state index contributed by atoms with van der Waals surface area (Å²) in [5.41, 5.74) is 0.422. The fourth-order valence-electron chi connectivity index (χ4n) is 3.48. The van der Waals surface area contributed by atoms with Crippen molar-refractivity contribution in [2.24, 2.45) is 5.41 Å². The molecule has 0 aromatic rings. The third-order valence-electron chi connectivity index (χ3n) is 5.07. The van der Waals surface area contributed by atoms with E-state index < -0.39 is 0 Å². The van der Waals surface area contributed by atoms with Crippen LogP contribution in [0.4, 0.5) is 0 Å². The van der Waals surface area contributed by atoms with E-state index in [9.17, 15) is 0 Å². The van der Waals surface area contributed by atoms with Gasteiger partial charge in [-0.15, -0.1) is 0 Å². The fraction of sp³-hybridized carbons (Fsp3) is 1.00. The van der Waals surface area contributed by atoms with Gasteiger partial charge in [0.1, 0.15) is 0 Å². The van der Waals surface area contributed by atoms with E-state index in [1.54, 1.807) is 0 Å². The molecule has 0 bridgehead atoms. The van der Waals surface area contributed by atoms with Crippen LogP contribution in [0.15, 0.2) is 0 Å². The van der Waals surface area contributed by atoms with Crippen LogP contribution in [0.1, 0.15) is 47.0 Å². The van der Waals surface area contributed by atoms with E-state index in [0.29, 0.717) is 11.5 Å².